The molecule has 1 saturated heterocycles. The molecule has 1 aromatic heterocycles. The summed E-state index contributed by atoms with van der Waals surface area (Å²) < 4.78 is 41.6. The first-order valence-electron chi connectivity index (χ1n) is 10.1. The normalized spacial score (nSPS) is 19.9. The van der Waals surface area contributed by atoms with Crippen molar-refractivity contribution in [3.8, 4) is 0 Å². The third kappa shape index (κ3) is 3.15. The van der Waals surface area contributed by atoms with E-state index in [0.717, 1.165) is 23.6 Å². The first kappa shape index (κ1) is 19.6. The number of halogens is 3. The number of H-pyrrole nitrogens is 1. The van der Waals surface area contributed by atoms with Crippen LogP contribution in [0.3, 0.4) is 0 Å². The number of amides is 1. The predicted octanol–water partition coefficient (Wildman–Crippen LogP) is 4.11. The molecule has 4 nitrogen and oxygen atoms in total. The van der Waals surface area contributed by atoms with Gasteiger partial charge in [-0.3, -0.25) is 9.59 Å². The van der Waals surface area contributed by atoms with Crippen molar-refractivity contribution >= 4 is 22.4 Å². The van der Waals surface area contributed by atoms with Crippen LogP contribution >= 0.6 is 0 Å². The maximum atomic E-state index is 14.3. The molecule has 2 heterocycles. The number of aryl methyl sites for hydroxylation is 1. The van der Waals surface area contributed by atoms with Crippen LogP contribution < -0.4 is 5.56 Å². The Morgan fingerprint density at radius 1 is 1.19 bits per heavy atom. The van der Waals surface area contributed by atoms with Crippen molar-refractivity contribution in [2.75, 3.05) is 6.54 Å². The van der Waals surface area contributed by atoms with Crippen LogP contribution in [0.5, 0.6) is 0 Å². The number of hydrogen-bond acceptors (Lipinski definition) is 2. The number of fused-ring (bicyclic) bond motifs is 3. The van der Waals surface area contributed by atoms with Gasteiger partial charge in [0.1, 0.15) is 5.82 Å². The van der Waals surface area contributed by atoms with Gasteiger partial charge in [-0.2, -0.15) is 0 Å². The van der Waals surface area contributed by atoms with Crippen LogP contribution in [0.2, 0.25) is 0 Å². The number of aromatic amines is 1. The van der Waals surface area contributed by atoms with Gasteiger partial charge in [-0.25, -0.2) is 13.2 Å². The van der Waals surface area contributed by atoms with Crippen molar-refractivity contribution in [1.29, 1.82) is 0 Å². The maximum Gasteiger partial charge on any atom is 0.252 e. The molecular formula is C24H19F3N2O2. The van der Waals surface area contributed by atoms with Gasteiger partial charge in [-0.15, -0.1) is 0 Å². The summed E-state index contributed by atoms with van der Waals surface area (Å²) in [6, 6.07) is 8.55. The van der Waals surface area contributed by atoms with Gasteiger partial charge >= 0.3 is 0 Å². The van der Waals surface area contributed by atoms with E-state index < -0.39 is 17.2 Å². The second-order valence-corrected chi connectivity index (χ2v) is 8.20. The van der Waals surface area contributed by atoms with Crippen LogP contribution in [-0.2, 0) is 11.2 Å². The lowest BCUT2D eigenvalue weighted by molar-refractivity contribution is -0.130. The molecule has 2 aromatic carbocycles. The number of aromatic nitrogens is 1. The zero-order valence-electron chi connectivity index (χ0n) is 16.7. The lowest BCUT2D eigenvalue weighted by atomic mass is 9.95. The van der Waals surface area contributed by atoms with Crippen LogP contribution in [-0.4, -0.2) is 28.4 Å². The maximum absolute atomic E-state index is 14.3. The molecule has 1 N–H and O–H groups in total. The van der Waals surface area contributed by atoms with Gasteiger partial charge in [0, 0.05) is 23.4 Å². The molecule has 1 aliphatic carbocycles. The SMILES string of the molecule is Cc1c(CC(=O)N2C[C@H]3C[C@@H]2C=C3c2cccc(F)c2)c(=O)[nH]c2ccc(F)c(F)c12. The fourth-order valence-electron chi connectivity index (χ4n) is 4.89. The lowest BCUT2D eigenvalue weighted by Gasteiger charge is -2.27. The van der Waals surface area contributed by atoms with E-state index in [0.29, 0.717) is 6.54 Å². The number of carbonyl (C=O) groups excluding carboxylic acids is 1. The van der Waals surface area contributed by atoms with Gasteiger partial charge in [0.15, 0.2) is 11.6 Å². The number of nitrogens with one attached hydrogen (secondary N) is 1. The van der Waals surface area contributed by atoms with Crippen molar-refractivity contribution < 1.29 is 18.0 Å². The number of likely N-dealkylation sites (tertiary alicyclic amines) is 1. The zero-order valence-corrected chi connectivity index (χ0v) is 16.7. The van der Waals surface area contributed by atoms with E-state index in [1.807, 2.05) is 12.1 Å². The molecule has 0 saturated carbocycles. The van der Waals surface area contributed by atoms with Gasteiger partial charge < -0.3 is 9.88 Å². The van der Waals surface area contributed by atoms with Gasteiger partial charge in [0.25, 0.3) is 5.56 Å². The minimum atomic E-state index is -1.04. The number of pyridine rings is 1. The summed E-state index contributed by atoms with van der Waals surface area (Å²) in [6.07, 6.45) is 2.54. The highest BCUT2D eigenvalue weighted by Crippen LogP contribution is 2.42. The number of nitrogens with zero attached hydrogens (tertiary/aromatic N) is 1. The van der Waals surface area contributed by atoms with Crippen molar-refractivity contribution in [3.05, 3.63) is 87.0 Å². The van der Waals surface area contributed by atoms with E-state index in [2.05, 4.69) is 4.98 Å². The van der Waals surface area contributed by atoms with E-state index in [-0.39, 0.29) is 52.1 Å². The average molecular weight is 424 g/mol. The van der Waals surface area contributed by atoms with E-state index in [1.54, 1.807) is 11.0 Å². The summed E-state index contributed by atoms with van der Waals surface area (Å²) in [5.41, 5.74) is 1.97. The van der Waals surface area contributed by atoms with Crippen molar-refractivity contribution in [1.82, 2.24) is 9.88 Å². The number of carbonyl (C=O) groups is 1. The largest absolute Gasteiger partial charge is 0.335 e. The van der Waals surface area contributed by atoms with E-state index >= 15 is 0 Å². The Bertz CT molecular complexity index is 1330. The summed E-state index contributed by atoms with van der Waals surface area (Å²) >= 11 is 0. The highest BCUT2D eigenvalue weighted by atomic mass is 19.2. The summed E-state index contributed by atoms with van der Waals surface area (Å²) in [4.78, 5) is 29.8. The standard InChI is InChI=1S/C24H19F3N2O2/c1-12-17(24(31)28-20-6-5-19(26)23(27)22(12)20)10-21(30)29-11-14-8-16(29)9-18(14)13-3-2-4-15(25)7-13/h2-7,9,14,16H,8,10-11H2,1H3,(H,28,31)/t14-,16-/m1/s1. The topological polar surface area (TPSA) is 53.2 Å². The summed E-state index contributed by atoms with van der Waals surface area (Å²) in [7, 11) is 0. The minimum Gasteiger partial charge on any atom is -0.335 e. The quantitative estimate of drug-likeness (QED) is 0.688. The molecule has 2 aliphatic rings. The molecular weight excluding hydrogens is 405 g/mol. The fraction of sp³-hybridized carbons (Fsp3) is 0.250. The minimum absolute atomic E-state index is 0.0152. The molecule has 5 rings (SSSR count). The highest BCUT2D eigenvalue weighted by Gasteiger charge is 2.41. The first-order chi connectivity index (χ1) is 14.8. The molecule has 0 radical (unpaired) electrons. The third-order valence-corrected chi connectivity index (χ3v) is 6.41. The Morgan fingerprint density at radius 2 is 2.00 bits per heavy atom. The molecule has 1 aliphatic heterocycles. The van der Waals surface area contributed by atoms with Crippen LogP contribution in [0.25, 0.3) is 16.5 Å². The van der Waals surface area contributed by atoms with Gasteiger partial charge in [-0.1, -0.05) is 18.2 Å². The molecule has 1 fully saturated rings. The Balaban J connectivity index is 1.43. The van der Waals surface area contributed by atoms with Crippen LogP contribution in [0.1, 0.15) is 23.1 Å². The van der Waals surface area contributed by atoms with E-state index in [1.165, 1.54) is 25.1 Å². The Labute approximate surface area is 176 Å². The van der Waals surface area contributed by atoms with Gasteiger partial charge in [0.2, 0.25) is 5.91 Å². The summed E-state index contributed by atoms with van der Waals surface area (Å²) in [5.74, 6) is -2.48. The fourth-order valence-corrected chi connectivity index (χ4v) is 4.89. The molecule has 3 aromatic rings. The summed E-state index contributed by atoms with van der Waals surface area (Å²) in [6.45, 7) is 2.01. The van der Waals surface area contributed by atoms with Gasteiger partial charge in [-0.05, 0) is 54.3 Å². The molecule has 0 unspecified atom stereocenters. The van der Waals surface area contributed by atoms with Crippen molar-refractivity contribution in [3.63, 3.8) is 0 Å². The van der Waals surface area contributed by atoms with Crippen molar-refractivity contribution in [2.24, 2.45) is 5.92 Å². The van der Waals surface area contributed by atoms with Gasteiger partial charge in [0.05, 0.1) is 18.0 Å². The molecule has 2 atom stereocenters. The highest BCUT2D eigenvalue weighted by molar-refractivity contribution is 5.87. The zero-order chi connectivity index (χ0) is 21.9. The smallest absolute Gasteiger partial charge is 0.252 e. The average Bonchev–Trinajstić information content (AvgIpc) is 3.35. The van der Waals surface area contributed by atoms with E-state index in [9.17, 15) is 22.8 Å². The first-order valence-corrected chi connectivity index (χ1v) is 10.1. The third-order valence-electron chi connectivity index (χ3n) is 6.41. The number of benzene rings is 2. The molecule has 2 bridgehead atoms. The number of hydrogen-bond donors (Lipinski definition) is 1. The Kier molecular flexibility index (Phi) is 4.50. The monoisotopic (exact) mass is 424 g/mol. The molecule has 7 heteroatoms. The molecule has 0 spiro atoms. The van der Waals surface area contributed by atoms with Crippen LogP contribution in [0, 0.1) is 30.3 Å². The molecule has 1 amide bonds. The van der Waals surface area contributed by atoms with Crippen molar-refractivity contribution in [2.45, 2.75) is 25.8 Å². The van der Waals surface area contributed by atoms with Crippen LogP contribution in [0.15, 0.2) is 47.3 Å². The second-order valence-electron chi connectivity index (χ2n) is 8.20. The molecule has 31 heavy (non-hydrogen) atoms. The second kappa shape index (κ2) is 7.11. The predicted molar refractivity (Wildman–Crippen MR) is 111 cm³/mol. The lowest BCUT2D eigenvalue weighted by Crippen LogP contribution is -2.38. The Hall–Kier alpha value is -3.35. The van der Waals surface area contributed by atoms with E-state index in [4.69, 9.17) is 0 Å². The molecule has 158 valence electrons. The number of rotatable bonds is 3. The Morgan fingerprint density at radius 3 is 2.71 bits per heavy atom. The van der Waals surface area contributed by atoms with Crippen LogP contribution in [0.4, 0.5) is 13.2 Å². The summed E-state index contributed by atoms with van der Waals surface area (Å²) in [5, 5.41) is -0.0152.